The van der Waals surface area contributed by atoms with Crippen molar-refractivity contribution >= 4 is 21.9 Å². The number of aromatic nitrogens is 3. The lowest BCUT2D eigenvalue weighted by atomic mass is 9.84. The fourth-order valence-corrected chi connectivity index (χ4v) is 10.6. The molecule has 4 nitrogen and oxygen atoms in total. The van der Waals surface area contributed by atoms with Gasteiger partial charge in [0.1, 0.15) is 11.2 Å². The van der Waals surface area contributed by atoms with Crippen molar-refractivity contribution in [3.8, 4) is 89.8 Å². The fraction of sp³-hybridized carbons (Fsp3) is 0.0455. The Balaban J connectivity index is 1.09. The molecular weight excluding hydrogens is 851 g/mol. The van der Waals surface area contributed by atoms with Gasteiger partial charge in [-0.2, -0.15) is 0 Å². The number of furan rings is 1. The molecule has 2 heterocycles. The highest BCUT2D eigenvalue weighted by atomic mass is 16.3. The van der Waals surface area contributed by atoms with Crippen molar-refractivity contribution < 1.29 is 4.42 Å². The Labute approximate surface area is 407 Å². The van der Waals surface area contributed by atoms with Gasteiger partial charge in [-0.25, -0.2) is 15.0 Å². The van der Waals surface area contributed by atoms with Crippen LogP contribution in [0.4, 0.5) is 0 Å². The van der Waals surface area contributed by atoms with E-state index in [0.717, 1.165) is 96.0 Å². The zero-order valence-corrected chi connectivity index (χ0v) is 38.3. The Morgan fingerprint density at radius 3 is 1.50 bits per heavy atom. The predicted molar refractivity (Wildman–Crippen MR) is 287 cm³/mol. The zero-order chi connectivity index (χ0) is 46.4. The highest BCUT2D eigenvalue weighted by Crippen LogP contribution is 2.47. The van der Waals surface area contributed by atoms with Crippen LogP contribution >= 0.6 is 0 Å². The molecular formula is C66H45N3O. The van der Waals surface area contributed by atoms with Crippen LogP contribution < -0.4 is 0 Å². The van der Waals surface area contributed by atoms with Crippen LogP contribution in [0.25, 0.3) is 112 Å². The van der Waals surface area contributed by atoms with Crippen LogP contribution in [-0.4, -0.2) is 15.0 Å². The summed E-state index contributed by atoms with van der Waals surface area (Å²) in [4.78, 5) is 15.5. The molecule has 0 bridgehead atoms. The van der Waals surface area contributed by atoms with Crippen molar-refractivity contribution in [3.63, 3.8) is 0 Å². The van der Waals surface area contributed by atoms with E-state index in [9.17, 15) is 0 Å². The monoisotopic (exact) mass is 895 g/mol. The lowest BCUT2D eigenvalue weighted by Gasteiger charge is -2.20. The first-order chi connectivity index (χ1) is 34.7. The van der Waals surface area contributed by atoms with Gasteiger partial charge in [-0.3, -0.25) is 0 Å². The van der Waals surface area contributed by atoms with Gasteiger partial charge in [0.05, 0.1) is 0 Å². The summed E-state index contributed by atoms with van der Waals surface area (Å²) in [6, 6.07) is 86.6. The van der Waals surface area contributed by atoms with Gasteiger partial charge in [0.25, 0.3) is 0 Å². The van der Waals surface area contributed by atoms with Gasteiger partial charge in [-0.15, -0.1) is 0 Å². The summed E-state index contributed by atoms with van der Waals surface area (Å²) in [5.41, 5.74) is 19.8. The molecule has 0 amide bonds. The van der Waals surface area contributed by atoms with E-state index in [-0.39, 0.29) is 5.92 Å². The molecule has 0 N–H and O–H groups in total. The molecule has 1 unspecified atom stereocenters. The van der Waals surface area contributed by atoms with Crippen molar-refractivity contribution in [1.82, 2.24) is 15.0 Å². The lowest BCUT2D eigenvalue weighted by Crippen LogP contribution is -2.02. The molecule has 1 aliphatic rings. The molecule has 0 aliphatic heterocycles. The molecule has 10 aromatic carbocycles. The van der Waals surface area contributed by atoms with E-state index in [2.05, 4.69) is 200 Å². The molecule has 0 spiro atoms. The molecule has 1 atom stereocenters. The second kappa shape index (κ2) is 17.6. The summed E-state index contributed by atoms with van der Waals surface area (Å²) in [6.07, 6.45) is 2.06. The van der Waals surface area contributed by atoms with Gasteiger partial charge in [0.2, 0.25) is 0 Å². The molecule has 0 saturated heterocycles. The van der Waals surface area contributed by atoms with Crippen LogP contribution in [0, 0.1) is 0 Å². The van der Waals surface area contributed by atoms with Crippen LogP contribution in [0.1, 0.15) is 29.0 Å². The molecule has 12 aromatic rings. The summed E-state index contributed by atoms with van der Waals surface area (Å²) in [7, 11) is 0. The third-order valence-corrected chi connectivity index (χ3v) is 14.0. The molecule has 2 aromatic heterocycles. The third-order valence-electron chi connectivity index (χ3n) is 14.0. The molecule has 0 fully saturated rings. The van der Waals surface area contributed by atoms with Gasteiger partial charge in [-0.05, 0) is 122 Å². The first-order valence-corrected chi connectivity index (χ1v) is 24.1. The second-order valence-corrected chi connectivity index (χ2v) is 18.2. The van der Waals surface area contributed by atoms with Crippen LogP contribution in [0.15, 0.2) is 247 Å². The van der Waals surface area contributed by atoms with E-state index in [1.165, 1.54) is 27.8 Å². The summed E-state index contributed by atoms with van der Waals surface area (Å²) in [5, 5.41) is 1.95. The Morgan fingerprint density at radius 1 is 0.343 bits per heavy atom. The van der Waals surface area contributed by atoms with Crippen molar-refractivity contribution in [3.05, 3.63) is 259 Å². The Kier molecular flexibility index (Phi) is 10.4. The molecule has 0 radical (unpaired) electrons. The number of hydrogen-bond acceptors (Lipinski definition) is 4. The number of aryl methyl sites for hydroxylation is 1. The quantitative estimate of drug-likeness (QED) is 0.152. The van der Waals surface area contributed by atoms with Crippen LogP contribution in [0.3, 0.4) is 0 Å². The first kappa shape index (κ1) is 41.2. The van der Waals surface area contributed by atoms with Gasteiger partial charge in [0, 0.05) is 38.9 Å². The first-order valence-electron chi connectivity index (χ1n) is 24.1. The molecule has 13 rings (SSSR count). The summed E-state index contributed by atoms with van der Waals surface area (Å²) in [5.74, 6) is 2.08. The predicted octanol–water partition coefficient (Wildman–Crippen LogP) is 17.2. The van der Waals surface area contributed by atoms with E-state index in [0.29, 0.717) is 17.5 Å². The average Bonchev–Trinajstić information content (AvgIpc) is 3.74. The average molecular weight is 896 g/mol. The molecule has 0 saturated carbocycles. The van der Waals surface area contributed by atoms with E-state index in [1.807, 2.05) is 42.5 Å². The van der Waals surface area contributed by atoms with Crippen molar-refractivity contribution in [2.45, 2.75) is 18.8 Å². The van der Waals surface area contributed by atoms with Crippen molar-refractivity contribution in [1.29, 1.82) is 0 Å². The second-order valence-electron chi connectivity index (χ2n) is 18.2. The number of nitrogens with zero attached hydrogens (tertiary/aromatic N) is 3. The minimum absolute atomic E-state index is 0.273. The van der Waals surface area contributed by atoms with Gasteiger partial charge in [-0.1, -0.05) is 200 Å². The number of rotatable bonds is 8. The van der Waals surface area contributed by atoms with Gasteiger partial charge in [0.15, 0.2) is 17.5 Å². The largest absolute Gasteiger partial charge is 0.455 e. The minimum atomic E-state index is 0.273. The summed E-state index contributed by atoms with van der Waals surface area (Å²) >= 11 is 0. The molecule has 70 heavy (non-hydrogen) atoms. The summed E-state index contributed by atoms with van der Waals surface area (Å²) in [6.45, 7) is 0. The Hall–Kier alpha value is -8.99. The maximum absolute atomic E-state index is 7.16. The highest BCUT2D eigenvalue weighted by molar-refractivity contribution is 6.16. The smallest absolute Gasteiger partial charge is 0.164 e. The van der Waals surface area contributed by atoms with Crippen molar-refractivity contribution in [2.75, 3.05) is 0 Å². The lowest BCUT2D eigenvalue weighted by molar-refractivity contribution is 0.670. The Morgan fingerprint density at radius 2 is 0.857 bits per heavy atom. The number of benzene rings is 10. The van der Waals surface area contributed by atoms with E-state index in [4.69, 9.17) is 19.4 Å². The molecule has 1 aliphatic carbocycles. The normalized spacial score (nSPS) is 13.2. The van der Waals surface area contributed by atoms with E-state index in [1.54, 1.807) is 0 Å². The Bertz CT molecular complexity index is 3750. The standard InChI is InChI=1S/C66H45N3O/c1-6-19-43(20-7-1)50-37-51(44-21-8-2-9-22-44)39-53(38-50)58-41-52(49-34-36-56-55(45-23-10-3-11-24-45)35-33-46-25-16-17-30-54(46)59(56)40-49)42-60-62-57(31-18-32-61(62)70-63(58)60)66-68-64(47-26-12-4-13-27-47)67-65(69-66)48-28-14-5-15-29-48/h1-32,34,36-42,55H,33,35H2. The van der Waals surface area contributed by atoms with E-state index < -0.39 is 0 Å². The number of fused-ring (bicyclic) bond motifs is 6. The topological polar surface area (TPSA) is 51.8 Å². The minimum Gasteiger partial charge on any atom is -0.455 e. The molecule has 330 valence electrons. The van der Waals surface area contributed by atoms with Gasteiger partial charge < -0.3 is 4.42 Å². The van der Waals surface area contributed by atoms with Crippen molar-refractivity contribution in [2.24, 2.45) is 0 Å². The zero-order valence-electron chi connectivity index (χ0n) is 38.3. The van der Waals surface area contributed by atoms with Crippen LogP contribution in [0.5, 0.6) is 0 Å². The van der Waals surface area contributed by atoms with Crippen LogP contribution in [-0.2, 0) is 6.42 Å². The van der Waals surface area contributed by atoms with E-state index >= 15 is 0 Å². The number of hydrogen-bond donors (Lipinski definition) is 0. The summed E-state index contributed by atoms with van der Waals surface area (Å²) < 4.78 is 7.16. The molecule has 4 heteroatoms. The van der Waals surface area contributed by atoms with Crippen LogP contribution in [0.2, 0.25) is 0 Å². The van der Waals surface area contributed by atoms with Gasteiger partial charge >= 0.3 is 0 Å². The maximum atomic E-state index is 7.16. The highest BCUT2D eigenvalue weighted by Gasteiger charge is 2.26. The SMILES string of the molecule is c1ccc(-c2cc(-c3ccccc3)cc(-c3cc(-c4ccc5c(c4)-c4ccccc4CCC5c4ccccc4)cc4c3oc3cccc(-c5nc(-c6ccccc6)nc(-c6ccccc6)n5)c34)c2)cc1. The fourth-order valence-electron chi connectivity index (χ4n) is 10.6. The third kappa shape index (κ3) is 7.57. The maximum Gasteiger partial charge on any atom is 0.164 e.